The molecule has 3 saturated heterocycles. The van der Waals surface area contributed by atoms with E-state index in [0.717, 1.165) is 12.7 Å². The highest BCUT2D eigenvalue weighted by molar-refractivity contribution is 7.54. The molecule has 354 valence electrons. The molecule has 33 nitrogen and oxygen atoms in total. The van der Waals surface area contributed by atoms with Crippen molar-refractivity contribution in [3.63, 3.8) is 0 Å². The van der Waals surface area contributed by atoms with Crippen LogP contribution in [0.3, 0.4) is 0 Å². The minimum Gasteiger partial charge on any atom is -0.387 e. The van der Waals surface area contributed by atoms with Gasteiger partial charge < -0.3 is 51.8 Å². The van der Waals surface area contributed by atoms with E-state index in [0.29, 0.717) is 0 Å². The summed E-state index contributed by atoms with van der Waals surface area (Å²) in [7, 11) is -13.1. The lowest BCUT2D eigenvalue weighted by Gasteiger charge is -2.22. The molecule has 0 spiro atoms. The summed E-state index contributed by atoms with van der Waals surface area (Å²) in [6.45, 7) is -2.33. The van der Waals surface area contributed by atoms with Gasteiger partial charge >= 0.3 is 24.6 Å². The standard InChI is InChI=1S/C30H39N15O18P3/c31-22-13-25(37-4-34-22)43(7-40-13)28-19(49)16(46)10(59-28)1-56-64(50)62-20-17(47)12(60-29(20)44-8-41-14-23(32)35-5-38-26(14)44)3-58-66(54,55)63-21-18(48)11(2-57-65(51,52)53)61-30(21)45-9-42-15-24(33)36-6-39-27(15)45/h4-12,16-21,28-30,46-49,51-55H,1-3H2,(H2,31,34,37)(H2,32,35,38)(H2,33,36,39)/q+3/t10-,11-,12-,16-,17-,18-,19-,20-,21-,28-,29-,30-/m1/s1. The van der Waals surface area contributed by atoms with Crippen LogP contribution in [0.4, 0.5) is 17.5 Å². The number of fused-ring (bicyclic) bond motifs is 3. The van der Waals surface area contributed by atoms with Gasteiger partial charge in [0.15, 0.2) is 65.3 Å². The summed E-state index contributed by atoms with van der Waals surface area (Å²) in [6.07, 6.45) is -11.7. The van der Waals surface area contributed by atoms with Crippen LogP contribution in [0.2, 0.25) is 0 Å². The normalized spacial score (nSPS) is 29.8. The largest absolute Gasteiger partial charge is 0.698 e. The molecule has 3 fully saturated rings. The van der Waals surface area contributed by atoms with Gasteiger partial charge in [-0.15, -0.1) is 13.6 Å². The van der Waals surface area contributed by atoms with E-state index in [1.807, 2.05) is 0 Å². The number of rotatable bonds is 16. The molecule has 3 aliphatic heterocycles. The third-order valence-corrected chi connectivity index (χ3v) is 12.9. The number of ether oxygens (including phenoxy) is 3. The van der Waals surface area contributed by atoms with Crippen LogP contribution in [-0.2, 0) is 41.4 Å². The third-order valence-electron chi connectivity index (χ3n) is 10.6. The number of anilines is 3. The average molecular weight is 991 g/mol. The number of hydrogen-bond acceptors (Lipinski definition) is 30. The van der Waals surface area contributed by atoms with Gasteiger partial charge in [0.1, 0.15) is 98.1 Å². The smallest absolute Gasteiger partial charge is 0.387 e. The van der Waals surface area contributed by atoms with Crippen LogP contribution in [0, 0.1) is 0 Å². The summed E-state index contributed by atoms with van der Waals surface area (Å²) in [6, 6.07) is 0. The first-order valence-electron chi connectivity index (χ1n) is 19.0. The number of nitrogens with two attached hydrogens (primary N) is 3. The molecule has 0 aliphatic carbocycles. The van der Waals surface area contributed by atoms with Crippen LogP contribution >= 0.6 is 24.6 Å². The Bertz CT molecular complexity index is 2730. The molecule has 0 amide bonds. The molecule has 66 heavy (non-hydrogen) atoms. The van der Waals surface area contributed by atoms with Crippen molar-refractivity contribution in [1.29, 1.82) is 0 Å². The van der Waals surface area contributed by atoms with Crippen LogP contribution in [0.5, 0.6) is 0 Å². The SMILES string of the molecule is Nc1ncnc2c1ncn2[C@@H]1O[C@H](CO[P+](=O)O[C@@H]2[C@H](O)[C@@H](CO[P+](O)(O)O[C@@H]3[C@H](O)[C@@H](CO[P+](O)(O)O)O[C@H]3n3cnc4c(N)ncnc43)O[C@H]2n2cnc3c(N)ncnc32)[C@@H](O)[C@H]1O. The van der Waals surface area contributed by atoms with Gasteiger partial charge in [0, 0.05) is 4.57 Å². The molecule has 0 aromatic carbocycles. The van der Waals surface area contributed by atoms with E-state index in [9.17, 15) is 49.5 Å². The Balaban J connectivity index is 0.901. The zero-order chi connectivity index (χ0) is 46.8. The van der Waals surface area contributed by atoms with Crippen molar-refractivity contribution in [1.82, 2.24) is 58.6 Å². The van der Waals surface area contributed by atoms with E-state index in [4.69, 9.17) is 49.5 Å². The third kappa shape index (κ3) is 8.93. The summed E-state index contributed by atoms with van der Waals surface area (Å²) in [4.78, 5) is 86.9. The lowest BCUT2D eigenvalue weighted by Crippen LogP contribution is -2.37. The second kappa shape index (κ2) is 18.1. The minimum absolute atomic E-state index is 0.0265. The highest BCUT2D eigenvalue weighted by Gasteiger charge is 2.58. The number of imidazole rings is 3. The Kier molecular flexibility index (Phi) is 12.7. The molecular formula is C30H39N15O18P3+3. The molecule has 15 N–H and O–H groups in total. The number of aromatic nitrogens is 12. The molecule has 0 radical (unpaired) electrons. The zero-order valence-electron chi connectivity index (χ0n) is 33.2. The Morgan fingerprint density at radius 1 is 0.561 bits per heavy atom. The molecule has 0 bridgehead atoms. The molecule has 6 aromatic rings. The molecule has 13 atom stereocenters. The van der Waals surface area contributed by atoms with Crippen molar-refractivity contribution < 1.29 is 86.3 Å². The fourth-order valence-electron chi connectivity index (χ4n) is 7.45. The van der Waals surface area contributed by atoms with Crippen LogP contribution < -0.4 is 17.2 Å². The van der Waals surface area contributed by atoms with Gasteiger partial charge in [-0.1, -0.05) is 0 Å². The molecule has 1 unspecified atom stereocenters. The Hall–Kier alpha value is -4.67. The van der Waals surface area contributed by atoms with Crippen molar-refractivity contribution in [3.8, 4) is 0 Å². The van der Waals surface area contributed by atoms with Gasteiger partial charge in [-0.25, -0.2) is 44.9 Å². The molecule has 3 aliphatic rings. The van der Waals surface area contributed by atoms with Gasteiger partial charge in [-0.05, 0) is 0 Å². The van der Waals surface area contributed by atoms with E-state index in [1.54, 1.807) is 0 Å². The number of aliphatic hydroxyl groups excluding tert-OH is 4. The fraction of sp³-hybridized carbons (Fsp3) is 0.500. The summed E-state index contributed by atoms with van der Waals surface area (Å²) in [5.74, 6) is -0.000275. The number of aliphatic hydroxyl groups is 4. The van der Waals surface area contributed by atoms with E-state index in [1.165, 1.54) is 39.0 Å². The maximum absolute atomic E-state index is 13.4. The van der Waals surface area contributed by atoms with Gasteiger partial charge in [0.25, 0.3) is 0 Å². The van der Waals surface area contributed by atoms with Gasteiger partial charge in [0.05, 0.1) is 19.0 Å². The Labute approximate surface area is 368 Å². The first-order chi connectivity index (χ1) is 31.4. The maximum atomic E-state index is 13.4. The second-order valence-corrected chi connectivity index (χ2v) is 18.3. The van der Waals surface area contributed by atoms with Gasteiger partial charge in [0.2, 0.25) is 0 Å². The van der Waals surface area contributed by atoms with E-state index in [-0.39, 0.29) is 50.9 Å². The van der Waals surface area contributed by atoms with Gasteiger partial charge in [-0.3, -0.25) is 13.7 Å². The number of nitrogens with zero attached hydrogens (tertiary/aromatic N) is 12. The van der Waals surface area contributed by atoms with Crippen molar-refractivity contribution in [3.05, 3.63) is 38.0 Å². The quantitative estimate of drug-likeness (QED) is 0.0414. The molecule has 9 rings (SSSR count). The second-order valence-electron chi connectivity index (χ2n) is 14.7. The monoisotopic (exact) mass is 990 g/mol. The van der Waals surface area contributed by atoms with E-state index < -0.39 is 118 Å². The van der Waals surface area contributed by atoms with Crippen LogP contribution in [0.1, 0.15) is 18.7 Å². The average Bonchev–Trinajstić information content (AvgIpc) is 4.13. The van der Waals surface area contributed by atoms with Crippen LogP contribution in [-0.4, -0.2) is 178 Å². The molecule has 6 aromatic heterocycles. The van der Waals surface area contributed by atoms with Gasteiger partial charge in [-0.2, -0.15) is 33.5 Å². The first-order valence-corrected chi connectivity index (χ1v) is 23.2. The summed E-state index contributed by atoms with van der Waals surface area (Å²) < 4.78 is 61.5. The predicted octanol–water partition coefficient (Wildman–Crippen LogP) is -3.82. The number of hydrogen-bond donors (Lipinski definition) is 12. The van der Waals surface area contributed by atoms with Crippen molar-refractivity contribution in [2.24, 2.45) is 0 Å². The lowest BCUT2D eigenvalue weighted by molar-refractivity contribution is -0.0668. The topological polar surface area (TPSA) is 482 Å². The lowest BCUT2D eigenvalue weighted by atomic mass is 10.1. The minimum atomic E-state index is -5.10. The molecule has 0 saturated carbocycles. The molecule has 9 heterocycles. The van der Waals surface area contributed by atoms with Crippen molar-refractivity contribution in [2.45, 2.75) is 73.6 Å². The summed E-state index contributed by atoms with van der Waals surface area (Å²) in [5, 5.41) is 44.5. The zero-order valence-corrected chi connectivity index (χ0v) is 35.8. The van der Waals surface area contributed by atoms with Crippen molar-refractivity contribution >= 4 is 75.5 Å². The van der Waals surface area contributed by atoms with E-state index >= 15 is 0 Å². The highest BCUT2D eigenvalue weighted by Crippen LogP contribution is 2.57. The predicted molar refractivity (Wildman–Crippen MR) is 215 cm³/mol. The highest BCUT2D eigenvalue weighted by atomic mass is 31.2. The van der Waals surface area contributed by atoms with Crippen molar-refractivity contribution in [2.75, 3.05) is 37.0 Å². The van der Waals surface area contributed by atoms with Crippen LogP contribution in [0.25, 0.3) is 33.5 Å². The molecular weight excluding hydrogens is 951 g/mol. The Morgan fingerprint density at radius 2 is 0.985 bits per heavy atom. The summed E-state index contributed by atoms with van der Waals surface area (Å²) in [5.41, 5.74) is 18.5. The maximum Gasteiger partial charge on any atom is 0.698 e. The first kappa shape index (κ1) is 46.4. The van der Waals surface area contributed by atoms with Crippen LogP contribution in [0.15, 0.2) is 38.0 Å². The van der Waals surface area contributed by atoms with E-state index in [2.05, 4.69) is 49.4 Å². The molecule has 36 heteroatoms. The Morgan fingerprint density at radius 3 is 1.48 bits per heavy atom. The summed E-state index contributed by atoms with van der Waals surface area (Å²) >= 11 is 0. The number of nitrogen functional groups attached to an aromatic ring is 3. The fourth-order valence-corrected chi connectivity index (χ4v) is 9.50.